The maximum absolute atomic E-state index is 11.1. The van der Waals surface area contributed by atoms with Gasteiger partial charge in [-0.15, -0.1) is 0 Å². The number of hydrogen-bond acceptors (Lipinski definition) is 2. The molecule has 0 heterocycles. The van der Waals surface area contributed by atoms with Gasteiger partial charge in [-0.05, 0) is 30.5 Å². The van der Waals surface area contributed by atoms with Crippen molar-refractivity contribution in [2.75, 3.05) is 0 Å². The number of esters is 1. The Balaban J connectivity index is 2.95. The van der Waals surface area contributed by atoms with E-state index in [0.717, 1.165) is 24.0 Å². The number of rotatable bonds is 4. The monoisotopic (exact) mass is 204 g/mol. The lowest BCUT2D eigenvalue weighted by Gasteiger charge is -2.08. The van der Waals surface area contributed by atoms with Gasteiger partial charge in [0.2, 0.25) is 0 Å². The number of benzene rings is 1. The molecule has 0 bridgehead atoms. The lowest BCUT2D eigenvalue weighted by Crippen LogP contribution is -2.05. The Labute approximate surface area is 90.6 Å². The van der Waals surface area contributed by atoms with Gasteiger partial charge in [-0.2, -0.15) is 0 Å². The van der Waals surface area contributed by atoms with Crippen LogP contribution in [0.25, 0.3) is 0 Å². The summed E-state index contributed by atoms with van der Waals surface area (Å²) >= 11 is 0. The van der Waals surface area contributed by atoms with Crippen molar-refractivity contribution in [2.45, 2.75) is 26.7 Å². The fourth-order valence-corrected chi connectivity index (χ4v) is 1.38. The van der Waals surface area contributed by atoms with Crippen LogP contribution in [0.3, 0.4) is 0 Å². The summed E-state index contributed by atoms with van der Waals surface area (Å²) in [6.07, 6.45) is 3.12. The smallest absolute Gasteiger partial charge is 0.335 e. The average Bonchev–Trinajstić information content (AvgIpc) is 2.22. The van der Waals surface area contributed by atoms with Crippen molar-refractivity contribution in [3.63, 3.8) is 0 Å². The lowest BCUT2D eigenvalue weighted by atomic mass is 10.1. The first-order valence-corrected chi connectivity index (χ1v) is 5.11. The molecular weight excluding hydrogens is 188 g/mol. The first-order valence-electron chi connectivity index (χ1n) is 5.11. The summed E-state index contributed by atoms with van der Waals surface area (Å²) in [5.41, 5.74) is 2.15. The summed E-state index contributed by atoms with van der Waals surface area (Å²) in [5, 5.41) is 0. The van der Waals surface area contributed by atoms with E-state index in [2.05, 4.69) is 13.5 Å². The van der Waals surface area contributed by atoms with Crippen LogP contribution < -0.4 is 4.74 Å². The molecule has 0 amide bonds. The van der Waals surface area contributed by atoms with E-state index in [1.807, 2.05) is 25.1 Å². The molecule has 0 saturated heterocycles. The van der Waals surface area contributed by atoms with E-state index in [9.17, 15) is 4.79 Å². The zero-order valence-electron chi connectivity index (χ0n) is 9.25. The Bertz CT molecular complexity index is 367. The molecule has 0 saturated carbocycles. The van der Waals surface area contributed by atoms with Gasteiger partial charge in [-0.25, -0.2) is 4.79 Å². The van der Waals surface area contributed by atoms with Gasteiger partial charge >= 0.3 is 5.97 Å². The summed E-state index contributed by atoms with van der Waals surface area (Å²) in [7, 11) is 0. The number of carbonyl (C=O) groups is 1. The topological polar surface area (TPSA) is 26.3 Å². The Morgan fingerprint density at radius 1 is 1.53 bits per heavy atom. The van der Waals surface area contributed by atoms with Gasteiger partial charge in [-0.1, -0.05) is 32.1 Å². The quantitative estimate of drug-likeness (QED) is 0.428. The molecule has 80 valence electrons. The molecule has 2 nitrogen and oxygen atoms in total. The van der Waals surface area contributed by atoms with Crippen molar-refractivity contribution < 1.29 is 9.53 Å². The minimum Gasteiger partial charge on any atom is -0.423 e. The molecule has 0 aliphatic carbocycles. The first kappa shape index (κ1) is 11.5. The molecule has 1 aromatic rings. The lowest BCUT2D eigenvalue weighted by molar-refractivity contribution is -0.129. The molecule has 0 N–H and O–H groups in total. The Morgan fingerprint density at radius 3 is 2.87 bits per heavy atom. The zero-order chi connectivity index (χ0) is 11.3. The summed E-state index contributed by atoms with van der Waals surface area (Å²) in [6, 6.07) is 5.91. The van der Waals surface area contributed by atoms with Crippen LogP contribution in [0.4, 0.5) is 0 Å². The second-order valence-corrected chi connectivity index (χ2v) is 3.49. The fourth-order valence-electron chi connectivity index (χ4n) is 1.38. The highest BCUT2D eigenvalue weighted by atomic mass is 16.5. The first-order chi connectivity index (χ1) is 7.17. The Morgan fingerprint density at radius 2 is 2.27 bits per heavy atom. The number of aryl methyl sites for hydroxylation is 2. The highest BCUT2D eigenvalue weighted by Crippen LogP contribution is 2.21. The highest BCUT2D eigenvalue weighted by molar-refractivity contribution is 5.83. The van der Waals surface area contributed by atoms with E-state index in [0.29, 0.717) is 5.75 Å². The normalized spacial score (nSPS) is 9.73. The number of ether oxygens (including phenoxy) is 1. The molecule has 1 aromatic carbocycles. The summed E-state index contributed by atoms with van der Waals surface area (Å²) in [6.45, 7) is 7.45. The van der Waals surface area contributed by atoms with Gasteiger partial charge in [-0.3, -0.25) is 0 Å². The molecule has 0 unspecified atom stereocenters. The molecule has 2 heteroatoms. The minimum absolute atomic E-state index is 0.405. The fraction of sp³-hybridized carbons (Fsp3) is 0.308. The predicted molar refractivity (Wildman–Crippen MR) is 61.0 cm³/mol. The Hall–Kier alpha value is -1.57. The van der Waals surface area contributed by atoms with E-state index < -0.39 is 5.97 Å². The molecule has 0 aliphatic rings. The van der Waals surface area contributed by atoms with Crippen LogP contribution in [0.2, 0.25) is 0 Å². The van der Waals surface area contributed by atoms with E-state index in [-0.39, 0.29) is 0 Å². The SMILES string of the molecule is C=CC(=O)Oc1cc(C)ccc1CCC. The van der Waals surface area contributed by atoms with E-state index >= 15 is 0 Å². The standard InChI is InChI=1S/C13H16O2/c1-4-6-11-8-7-10(3)9-12(11)15-13(14)5-2/h5,7-9H,2,4,6H2,1,3H3. The molecule has 0 aromatic heterocycles. The molecule has 0 atom stereocenters. The molecular formula is C13H16O2. The van der Waals surface area contributed by atoms with Crippen LogP contribution in [0, 0.1) is 6.92 Å². The maximum atomic E-state index is 11.1. The molecule has 0 aliphatic heterocycles. The molecule has 0 fully saturated rings. The third-order valence-corrected chi connectivity index (χ3v) is 2.12. The third kappa shape index (κ3) is 3.24. The van der Waals surface area contributed by atoms with Gasteiger partial charge in [0.25, 0.3) is 0 Å². The largest absolute Gasteiger partial charge is 0.423 e. The molecule has 0 spiro atoms. The van der Waals surface area contributed by atoms with Crippen LogP contribution in [0.5, 0.6) is 5.75 Å². The predicted octanol–water partition coefficient (Wildman–Crippen LogP) is 3.04. The van der Waals surface area contributed by atoms with Crippen molar-refractivity contribution in [1.82, 2.24) is 0 Å². The van der Waals surface area contributed by atoms with Gasteiger partial charge in [0, 0.05) is 6.08 Å². The number of hydrogen-bond donors (Lipinski definition) is 0. The summed E-state index contributed by atoms with van der Waals surface area (Å²) in [4.78, 5) is 11.1. The maximum Gasteiger partial charge on any atom is 0.335 e. The van der Waals surface area contributed by atoms with E-state index in [4.69, 9.17) is 4.74 Å². The summed E-state index contributed by atoms with van der Waals surface area (Å²) in [5.74, 6) is 0.250. The van der Waals surface area contributed by atoms with Crippen molar-refractivity contribution in [1.29, 1.82) is 0 Å². The second kappa shape index (κ2) is 5.35. The van der Waals surface area contributed by atoms with Crippen LogP contribution in [0.15, 0.2) is 30.9 Å². The van der Waals surface area contributed by atoms with Crippen molar-refractivity contribution in [3.05, 3.63) is 42.0 Å². The number of carbonyl (C=O) groups excluding carboxylic acids is 1. The van der Waals surface area contributed by atoms with Crippen LogP contribution in [-0.2, 0) is 11.2 Å². The van der Waals surface area contributed by atoms with E-state index in [1.54, 1.807) is 0 Å². The minimum atomic E-state index is -0.405. The third-order valence-electron chi connectivity index (χ3n) is 2.12. The van der Waals surface area contributed by atoms with Crippen molar-refractivity contribution >= 4 is 5.97 Å². The van der Waals surface area contributed by atoms with Crippen LogP contribution >= 0.6 is 0 Å². The molecule has 1 rings (SSSR count). The van der Waals surface area contributed by atoms with Crippen molar-refractivity contribution in [2.24, 2.45) is 0 Å². The zero-order valence-corrected chi connectivity index (χ0v) is 9.25. The average molecular weight is 204 g/mol. The van der Waals surface area contributed by atoms with Gasteiger partial charge in [0.15, 0.2) is 0 Å². The van der Waals surface area contributed by atoms with Crippen LogP contribution in [-0.4, -0.2) is 5.97 Å². The Kier molecular flexibility index (Phi) is 4.10. The second-order valence-electron chi connectivity index (χ2n) is 3.49. The van der Waals surface area contributed by atoms with E-state index in [1.165, 1.54) is 6.08 Å². The van der Waals surface area contributed by atoms with Gasteiger partial charge in [0.1, 0.15) is 5.75 Å². The molecule has 0 radical (unpaired) electrons. The highest BCUT2D eigenvalue weighted by Gasteiger charge is 2.06. The van der Waals surface area contributed by atoms with Crippen molar-refractivity contribution in [3.8, 4) is 5.75 Å². The van der Waals surface area contributed by atoms with Gasteiger partial charge in [0.05, 0.1) is 0 Å². The summed E-state index contributed by atoms with van der Waals surface area (Å²) < 4.78 is 5.17. The van der Waals surface area contributed by atoms with Gasteiger partial charge < -0.3 is 4.74 Å². The molecule has 15 heavy (non-hydrogen) atoms. The van der Waals surface area contributed by atoms with Crippen LogP contribution in [0.1, 0.15) is 24.5 Å².